The Labute approximate surface area is 169 Å². The maximum Gasteiger partial charge on any atom is 0.263 e. The zero-order chi connectivity index (χ0) is 19.4. The molecule has 1 saturated heterocycles. The molecule has 6 heteroatoms. The molecule has 4 heterocycles. The van der Waals surface area contributed by atoms with Crippen LogP contribution in [0.2, 0.25) is 0 Å². The highest BCUT2D eigenvalue weighted by Gasteiger charge is 2.27. The van der Waals surface area contributed by atoms with Gasteiger partial charge >= 0.3 is 0 Å². The molecule has 146 valence electrons. The number of carbonyl (C=O) groups excluding carboxylic acids is 1. The van der Waals surface area contributed by atoms with E-state index in [2.05, 4.69) is 53.6 Å². The Kier molecular flexibility index (Phi) is 4.19. The summed E-state index contributed by atoms with van der Waals surface area (Å²) in [5, 5.41) is 8.80. The quantitative estimate of drug-likeness (QED) is 0.673. The van der Waals surface area contributed by atoms with Crippen LogP contribution in [0.1, 0.15) is 36.9 Å². The average Bonchev–Trinajstić information content (AvgIpc) is 3.28. The van der Waals surface area contributed by atoms with E-state index in [0.29, 0.717) is 5.92 Å². The second kappa shape index (κ2) is 6.62. The standard InChI is InChI=1S/C22H26N4OS/c1-12(2)14-8-9-26(11-14)18-7-4-15-16(25-18)5-6-17-19(15)20-21(28-17)22(27)24-13(3)10-23-20/h4-7,12-14,23H,8-11H2,1-3H3,(H,24,27)/t13-,14+/m1/s1. The van der Waals surface area contributed by atoms with Crippen LogP contribution in [0.5, 0.6) is 0 Å². The van der Waals surface area contributed by atoms with E-state index < -0.39 is 0 Å². The van der Waals surface area contributed by atoms with Gasteiger partial charge < -0.3 is 15.5 Å². The van der Waals surface area contributed by atoms with Gasteiger partial charge in [-0.1, -0.05) is 13.8 Å². The van der Waals surface area contributed by atoms with E-state index in [9.17, 15) is 4.79 Å². The first-order valence-corrected chi connectivity index (χ1v) is 11.0. The molecule has 0 aliphatic carbocycles. The summed E-state index contributed by atoms with van der Waals surface area (Å²) in [6.07, 6.45) is 1.24. The van der Waals surface area contributed by atoms with E-state index in [1.165, 1.54) is 6.42 Å². The first-order valence-electron chi connectivity index (χ1n) is 10.2. The van der Waals surface area contributed by atoms with Gasteiger partial charge in [0.05, 0.1) is 11.2 Å². The Morgan fingerprint density at radius 2 is 2.11 bits per heavy atom. The molecule has 2 N–H and O–H groups in total. The van der Waals surface area contributed by atoms with Crippen molar-refractivity contribution in [1.29, 1.82) is 0 Å². The number of aromatic nitrogens is 1. The predicted molar refractivity (Wildman–Crippen MR) is 118 cm³/mol. The fraction of sp³-hybridized carbons (Fsp3) is 0.455. The van der Waals surface area contributed by atoms with Crippen molar-refractivity contribution in [3.63, 3.8) is 0 Å². The monoisotopic (exact) mass is 394 g/mol. The van der Waals surface area contributed by atoms with Gasteiger partial charge in [0.25, 0.3) is 5.91 Å². The van der Waals surface area contributed by atoms with Gasteiger partial charge in [0.15, 0.2) is 0 Å². The van der Waals surface area contributed by atoms with E-state index >= 15 is 0 Å². The Bertz CT molecular complexity index is 1070. The smallest absolute Gasteiger partial charge is 0.263 e. The van der Waals surface area contributed by atoms with Crippen molar-refractivity contribution in [3.8, 4) is 0 Å². The minimum absolute atomic E-state index is 0.0169. The van der Waals surface area contributed by atoms with E-state index in [4.69, 9.17) is 4.98 Å². The summed E-state index contributed by atoms with van der Waals surface area (Å²) in [5.41, 5.74) is 1.96. The number of amides is 1. The molecule has 2 atom stereocenters. The molecule has 5 nitrogen and oxygen atoms in total. The fourth-order valence-corrected chi connectivity index (χ4v) is 5.53. The summed E-state index contributed by atoms with van der Waals surface area (Å²) in [4.78, 5) is 20.7. The largest absolute Gasteiger partial charge is 0.381 e. The molecule has 0 radical (unpaired) electrons. The Hall–Kier alpha value is -2.34. The molecule has 2 aliphatic rings. The van der Waals surface area contributed by atoms with E-state index in [0.717, 1.165) is 62.9 Å². The lowest BCUT2D eigenvalue weighted by Gasteiger charge is -2.19. The van der Waals surface area contributed by atoms with Crippen LogP contribution in [0.4, 0.5) is 11.5 Å². The van der Waals surface area contributed by atoms with Crippen LogP contribution in [0, 0.1) is 11.8 Å². The summed E-state index contributed by atoms with van der Waals surface area (Å²) < 4.78 is 1.13. The van der Waals surface area contributed by atoms with Crippen LogP contribution >= 0.6 is 11.3 Å². The lowest BCUT2D eigenvalue weighted by atomic mass is 9.95. The van der Waals surface area contributed by atoms with Crippen molar-refractivity contribution < 1.29 is 4.79 Å². The Morgan fingerprint density at radius 1 is 1.25 bits per heavy atom. The van der Waals surface area contributed by atoms with Crippen LogP contribution in [0.3, 0.4) is 0 Å². The highest BCUT2D eigenvalue weighted by Crippen LogP contribution is 2.41. The zero-order valence-corrected chi connectivity index (χ0v) is 17.4. The van der Waals surface area contributed by atoms with Crippen molar-refractivity contribution >= 4 is 49.7 Å². The fourth-order valence-electron chi connectivity index (χ4n) is 4.43. The lowest BCUT2D eigenvalue weighted by molar-refractivity contribution is 0.0949. The minimum atomic E-state index is 0.0169. The summed E-state index contributed by atoms with van der Waals surface area (Å²) >= 11 is 1.56. The van der Waals surface area contributed by atoms with Gasteiger partial charge in [0.2, 0.25) is 0 Å². The van der Waals surface area contributed by atoms with Gasteiger partial charge in [-0.25, -0.2) is 4.98 Å². The highest BCUT2D eigenvalue weighted by atomic mass is 32.1. The number of rotatable bonds is 2. The lowest BCUT2D eigenvalue weighted by Crippen LogP contribution is -2.34. The molecule has 2 aromatic heterocycles. The maximum atomic E-state index is 12.6. The summed E-state index contributed by atoms with van der Waals surface area (Å²) in [6.45, 7) is 9.55. The molecule has 0 saturated carbocycles. The molecule has 2 aliphatic heterocycles. The number of thiophene rings is 1. The zero-order valence-electron chi connectivity index (χ0n) is 16.6. The molecule has 1 aromatic carbocycles. The van der Waals surface area contributed by atoms with Gasteiger partial charge in [-0.05, 0) is 49.4 Å². The molecule has 0 spiro atoms. The third kappa shape index (κ3) is 2.82. The van der Waals surface area contributed by atoms with Crippen LogP contribution < -0.4 is 15.5 Å². The molecule has 5 rings (SSSR count). The van der Waals surface area contributed by atoms with Crippen LogP contribution in [0.15, 0.2) is 24.3 Å². The molecule has 3 aromatic rings. The minimum Gasteiger partial charge on any atom is -0.381 e. The maximum absolute atomic E-state index is 12.6. The molecule has 0 bridgehead atoms. The number of hydrogen-bond donors (Lipinski definition) is 2. The molecule has 0 unspecified atom stereocenters. The third-order valence-electron chi connectivity index (χ3n) is 6.17. The van der Waals surface area contributed by atoms with Gasteiger partial charge in [-0.3, -0.25) is 4.79 Å². The van der Waals surface area contributed by atoms with E-state index in [1.54, 1.807) is 11.3 Å². The first kappa shape index (κ1) is 17.7. The van der Waals surface area contributed by atoms with E-state index in [1.807, 2.05) is 6.92 Å². The van der Waals surface area contributed by atoms with Crippen molar-refractivity contribution in [2.75, 3.05) is 29.9 Å². The Balaban J connectivity index is 1.59. The van der Waals surface area contributed by atoms with Crippen LogP contribution in [0.25, 0.3) is 21.0 Å². The highest BCUT2D eigenvalue weighted by molar-refractivity contribution is 7.21. The topological polar surface area (TPSA) is 57.3 Å². The second-order valence-corrected chi connectivity index (χ2v) is 9.53. The normalized spacial score (nSPS) is 22.4. The molecule has 1 amide bonds. The van der Waals surface area contributed by atoms with Gasteiger partial charge in [0, 0.05) is 41.1 Å². The van der Waals surface area contributed by atoms with Crippen molar-refractivity contribution in [2.45, 2.75) is 33.2 Å². The van der Waals surface area contributed by atoms with Gasteiger partial charge in [0.1, 0.15) is 10.7 Å². The number of nitrogens with one attached hydrogen (secondary N) is 2. The van der Waals surface area contributed by atoms with E-state index in [-0.39, 0.29) is 11.9 Å². The van der Waals surface area contributed by atoms with Gasteiger partial charge in [-0.15, -0.1) is 11.3 Å². The summed E-state index contributed by atoms with van der Waals surface area (Å²) in [7, 11) is 0. The molecule has 28 heavy (non-hydrogen) atoms. The van der Waals surface area contributed by atoms with Crippen molar-refractivity contribution in [1.82, 2.24) is 10.3 Å². The molecule has 1 fully saturated rings. The summed E-state index contributed by atoms with van der Waals surface area (Å²) in [5.74, 6) is 2.54. The Morgan fingerprint density at radius 3 is 2.89 bits per heavy atom. The number of pyridine rings is 1. The number of fused-ring (bicyclic) bond motifs is 5. The number of nitrogens with zero attached hydrogens (tertiary/aromatic N) is 2. The summed E-state index contributed by atoms with van der Waals surface area (Å²) in [6, 6.07) is 8.64. The first-order chi connectivity index (χ1) is 13.5. The number of carbonyl (C=O) groups is 1. The van der Waals surface area contributed by atoms with Crippen LogP contribution in [-0.4, -0.2) is 36.6 Å². The SMILES string of the molecule is CC(C)[C@H]1CCN(c2ccc3c(ccc4sc5c(c43)NC[C@@H](C)NC5=O)n2)C1. The molecular formula is C22H26N4OS. The van der Waals surface area contributed by atoms with Crippen molar-refractivity contribution in [2.24, 2.45) is 11.8 Å². The average molecular weight is 395 g/mol. The number of anilines is 2. The second-order valence-electron chi connectivity index (χ2n) is 8.48. The third-order valence-corrected chi connectivity index (χ3v) is 7.32. The van der Waals surface area contributed by atoms with Crippen molar-refractivity contribution in [3.05, 3.63) is 29.1 Å². The molecular weight excluding hydrogens is 368 g/mol. The number of hydrogen-bond acceptors (Lipinski definition) is 5. The number of benzene rings is 1. The predicted octanol–water partition coefficient (Wildman–Crippen LogP) is 4.48. The van der Waals surface area contributed by atoms with Crippen LogP contribution in [-0.2, 0) is 0 Å². The van der Waals surface area contributed by atoms with Gasteiger partial charge in [-0.2, -0.15) is 0 Å².